The van der Waals surface area contributed by atoms with Gasteiger partial charge in [0, 0.05) is 24.7 Å². The number of nitrogens with zero attached hydrogens (tertiary/aromatic N) is 2. The van der Waals surface area contributed by atoms with E-state index in [1.807, 2.05) is 37.3 Å². The molecule has 0 spiro atoms. The Morgan fingerprint density at radius 3 is 2.96 bits per heavy atom. The number of β-amino-alcohol motifs (C(OH)–C–C–N with tert-alkyl or cyclic N) is 1. The third kappa shape index (κ3) is 4.90. The second kappa shape index (κ2) is 8.42. The van der Waals surface area contributed by atoms with Crippen LogP contribution < -0.4 is 0 Å². The van der Waals surface area contributed by atoms with Crippen molar-refractivity contribution >= 4 is 0 Å². The van der Waals surface area contributed by atoms with Gasteiger partial charge in [-0.15, -0.1) is 0 Å². The topological polar surface area (TPSA) is 61.4 Å². The molecule has 3 rings (SSSR count). The summed E-state index contributed by atoms with van der Waals surface area (Å²) in [6.07, 6.45) is 1.86. The van der Waals surface area contributed by atoms with Gasteiger partial charge in [0.2, 0.25) is 0 Å². The molecule has 2 atom stereocenters. The van der Waals surface area contributed by atoms with E-state index in [-0.39, 0.29) is 0 Å². The van der Waals surface area contributed by atoms with Crippen LogP contribution >= 0.6 is 0 Å². The van der Waals surface area contributed by atoms with Crippen LogP contribution in [0.4, 0.5) is 0 Å². The largest absolute Gasteiger partial charge is 0.389 e. The Balaban J connectivity index is 1.41. The second-order valence-corrected chi connectivity index (χ2v) is 6.73. The summed E-state index contributed by atoms with van der Waals surface area (Å²) in [4.78, 5) is 2.33. The third-order valence-corrected chi connectivity index (χ3v) is 4.54. The molecule has 2 N–H and O–H groups in total. The monoisotopic (exact) mass is 329 g/mol. The summed E-state index contributed by atoms with van der Waals surface area (Å²) in [5.74, 6) is 0.459. The molecule has 0 radical (unpaired) electrons. The van der Waals surface area contributed by atoms with Crippen LogP contribution in [0.15, 0.2) is 36.4 Å². The van der Waals surface area contributed by atoms with E-state index in [1.54, 1.807) is 0 Å². The van der Waals surface area contributed by atoms with Crippen LogP contribution in [0.3, 0.4) is 0 Å². The fraction of sp³-hybridized carbons (Fsp3) is 0.526. The number of likely N-dealkylation sites (tertiary alicyclic amines) is 1. The third-order valence-electron chi connectivity index (χ3n) is 4.54. The van der Waals surface area contributed by atoms with E-state index in [1.165, 1.54) is 6.42 Å². The minimum Gasteiger partial charge on any atom is -0.389 e. The Kier molecular flexibility index (Phi) is 6.01. The van der Waals surface area contributed by atoms with Gasteiger partial charge in [0.25, 0.3) is 0 Å². The first-order valence-corrected chi connectivity index (χ1v) is 8.74. The molecule has 0 unspecified atom stereocenters. The smallest absolute Gasteiger partial charge is 0.0900 e. The number of aromatic nitrogens is 2. The quantitative estimate of drug-likeness (QED) is 0.819. The Bertz CT molecular complexity index is 614. The molecule has 2 aromatic rings. The normalized spacial score (nSPS) is 20.2. The summed E-state index contributed by atoms with van der Waals surface area (Å²) in [5.41, 5.74) is 3.39. The van der Waals surface area contributed by atoms with E-state index < -0.39 is 6.10 Å². The minimum atomic E-state index is -0.451. The summed E-state index contributed by atoms with van der Waals surface area (Å²) in [6.45, 7) is 5.61. The maximum atomic E-state index is 10.3. The standard InChI is InChI=1S/C19H27N3O2/c1-15-10-19(21-20-15)17-8-5-9-22(11-17)12-18(23)14-24-13-16-6-3-2-4-7-16/h2-4,6-7,10,17-18,23H,5,8-9,11-14H2,1H3,(H,20,21)/t17-,18-/m1/s1. The molecule has 1 aliphatic heterocycles. The number of piperidine rings is 1. The summed E-state index contributed by atoms with van der Waals surface area (Å²) in [5, 5.41) is 17.7. The van der Waals surface area contributed by atoms with E-state index in [9.17, 15) is 5.11 Å². The molecule has 5 nitrogen and oxygen atoms in total. The Hall–Kier alpha value is -1.69. The number of H-pyrrole nitrogens is 1. The number of aliphatic hydroxyl groups is 1. The van der Waals surface area contributed by atoms with Gasteiger partial charge in [-0.05, 0) is 37.9 Å². The van der Waals surface area contributed by atoms with Crippen molar-refractivity contribution in [2.24, 2.45) is 0 Å². The summed E-state index contributed by atoms with van der Waals surface area (Å²) in [6, 6.07) is 12.2. The van der Waals surface area contributed by atoms with Crippen molar-refractivity contribution in [3.05, 3.63) is 53.3 Å². The van der Waals surface area contributed by atoms with Gasteiger partial charge in [-0.2, -0.15) is 5.10 Å². The molecule has 0 amide bonds. The number of hydrogen-bond donors (Lipinski definition) is 2. The Labute approximate surface area is 143 Å². The molecule has 1 fully saturated rings. The number of aliphatic hydroxyl groups excluding tert-OH is 1. The number of hydrogen-bond acceptors (Lipinski definition) is 4. The number of nitrogens with one attached hydrogen (secondary N) is 1. The maximum absolute atomic E-state index is 10.3. The predicted molar refractivity (Wildman–Crippen MR) is 93.8 cm³/mol. The van der Waals surface area contributed by atoms with Gasteiger partial charge < -0.3 is 14.7 Å². The molecule has 1 aromatic heterocycles. The van der Waals surface area contributed by atoms with Gasteiger partial charge in [0.15, 0.2) is 0 Å². The van der Waals surface area contributed by atoms with Gasteiger partial charge in [-0.1, -0.05) is 30.3 Å². The lowest BCUT2D eigenvalue weighted by Crippen LogP contribution is -2.40. The molecule has 5 heteroatoms. The zero-order valence-corrected chi connectivity index (χ0v) is 14.3. The summed E-state index contributed by atoms with van der Waals surface area (Å²) < 4.78 is 5.64. The molecule has 0 bridgehead atoms. The van der Waals surface area contributed by atoms with Gasteiger partial charge >= 0.3 is 0 Å². The first-order chi connectivity index (χ1) is 11.7. The second-order valence-electron chi connectivity index (χ2n) is 6.73. The maximum Gasteiger partial charge on any atom is 0.0900 e. The molecule has 24 heavy (non-hydrogen) atoms. The van der Waals surface area contributed by atoms with Crippen LogP contribution in [0, 0.1) is 6.92 Å². The molecule has 130 valence electrons. The zero-order valence-electron chi connectivity index (χ0n) is 14.3. The van der Waals surface area contributed by atoms with E-state index >= 15 is 0 Å². The van der Waals surface area contributed by atoms with E-state index in [0.29, 0.717) is 25.7 Å². The molecular weight excluding hydrogens is 302 g/mol. The summed E-state index contributed by atoms with van der Waals surface area (Å²) >= 11 is 0. The molecular formula is C19H27N3O2. The number of rotatable bonds is 7. The molecule has 0 saturated carbocycles. The average molecular weight is 329 g/mol. The number of benzene rings is 1. The van der Waals surface area contributed by atoms with Crippen molar-refractivity contribution in [3.8, 4) is 0 Å². The van der Waals surface area contributed by atoms with Crippen LogP contribution in [-0.2, 0) is 11.3 Å². The number of ether oxygens (including phenoxy) is 1. The lowest BCUT2D eigenvalue weighted by Gasteiger charge is -2.33. The van der Waals surface area contributed by atoms with Gasteiger partial charge in [0.05, 0.1) is 25.0 Å². The number of aromatic amines is 1. The highest BCUT2D eigenvalue weighted by Gasteiger charge is 2.24. The Morgan fingerprint density at radius 2 is 2.21 bits per heavy atom. The molecule has 2 heterocycles. The zero-order chi connectivity index (χ0) is 16.8. The van der Waals surface area contributed by atoms with E-state index in [4.69, 9.17) is 4.74 Å². The average Bonchev–Trinajstić information content (AvgIpc) is 3.03. The highest BCUT2D eigenvalue weighted by molar-refractivity contribution is 5.14. The fourth-order valence-electron chi connectivity index (χ4n) is 3.35. The van der Waals surface area contributed by atoms with Crippen LogP contribution in [-0.4, -0.2) is 52.5 Å². The molecule has 1 saturated heterocycles. The van der Waals surface area contributed by atoms with Crippen molar-refractivity contribution < 1.29 is 9.84 Å². The van der Waals surface area contributed by atoms with Crippen molar-refractivity contribution in [3.63, 3.8) is 0 Å². The van der Waals surface area contributed by atoms with Crippen LogP contribution in [0.5, 0.6) is 0 Å². The molecule has 0 aliphatic carbocycles. The highest BCUT2D eigenvalue weighted by Crippen LogP contribution is 2.25. The van der Waals surface area contributed by atoms with Crippen LogP contribution in [0.25, 0.3) is 0 Å². The van der Waals surface area contributed by atoms with Gasteiger partial charge in [-0.25, -0.2) is 0 Å². The van der Waals surface area contributed by atoms with Crippen molar-refractivity contribution in [2.75, 3.05) is 26.2 Å². The van der Waals surface area contributed by atoms with Crippen LogP contribution in [0.2, 0.25) is 0 Å². The number of aryl methyl sites for hydroxylation is 1. The van der Waals surface area contributed by atoms with Crippen molar-refractivity contribution in [1.82, 2.24) is 15.1 Å². The molecule has 1 aliphatic rings. The van der Waals surface area contributed by atoms with Crippen molar-refractivity contribution in [2.45, 2.75) is 38.4 Å². The fourth-order valence-corrected chi connectivity index (χ4v) is 3.35. The van der Waals surface area contributed by atoms with Gasteiger partial charge in [-0.3, -0.25) is 5.10 Å². The predicted octanol–water partition coefficient (Wildman–Crippen LogP) is 2.48. The van der Waals surface area contributed by atoms with E-state index in [2.05, 4.69) is 21.2 Å². The van der Waals surface area contributed by atoms with Crippen molar-refractivity contribution in [1.29, 1.82) is 0 Å². The van der Waals surface area contributed by atoms with E-state index in [0.717, 1.165) is 36.5 Å². The lowest BCUT2D eigenvalue weighted by atomic mass is 9.94. The SMILES string of the molecule is Cc1cc([C@@H]2CCCN(C[C@@H](O)COCc3ccccc3)C2)n[nH]1. The molecule has 1 aromatic carbocycles. The Morgan fingerprint density at radius 1 is 1.38 bits per heavy atom. The lowest BCUT2D eigenvalue weighted by molar-refractivity contribution is 0.00561. The first kappa shape index (κ1) is 17.1. The van der Waals surface area contributed by atoms with Crippen LogP contribution in [0.1, 0.15) is 35.7 Å². The minimum absolute atomic E-state index is 0.373. The van der Waals surface area contributed by atoms with Gasteiger partial charge in [0.1, 0.15) is 0 Å². The summed E-state index contributed by atoms with van der Waals surface area (Å²) in [7, 11) is 0. The highest BCUT2D eigenvalue weighted by atomic mass is 16.5. The first-order valence-electron chi connectivity index (χ1n) is 8.74.